The number of hydrogen-bond acceptors (Lipinski definition) is 5. The molecule has 0 N–H and O–H groups in total. The first-order valence-corrected chi connectivity index (χ1v) is 11.6. The normalized spacial score (nSPS) is 20.3. The Kier molecular flexibility index (Phi) is 5.58. The zero-order valence-corrected chi connectivity index (χ0v) is 15.1. The van der Waals surface area contributed by atoms with Crippen molar-refractivity contribution in [2.45, 2.75) is 63.7 Å². The molecule has 1 saturated carbocycles. The van der Waals surface area contributed by atoms with Crippen LogP contribution in [0.4, 0.5) is 14.5 Å². The highest BCUT2D eigenvalue weighted by molar-refractivity contribution is 6.76. The van der Waals surface area contributed by atoms with Crippen LogP contribution in [0.5, 0.6) is 5.88 Å². The Balaban J connectivity index is 1.95. The minimum Gasteiger partial charge on any atom is -0.468 e. The molecular weight excluding hydrogens is 340 g/mol. The first-order valence-electron chi connectivity index (χ1n) is 7.90. The molecule has 0 aliphatic heterocycles. The summed E-state index contributed by atoms with van der Waals surface area (Å²) < 4.78 is 38.5. The number of nitrogens with zero attached hydrogens (tertiary/aromatic N) is 3. The topological polar surface area (TPSA) is 79.4 Å². The molecule has 1 heterocycles. The standard InChI is InChI=1S/C14H23F2N3O4Si/c1-24(2,3)7-6-22-10-18-9-12(19(20)21)13(17-18)23-11-4-5-14(15,16)8-11/h9,11H,4-8,10H2,1-3H3. The fourth-order valence-corrected chi connectivity index (χ4v) is 3.13. The molecule has 1 unspecified atom stereocenters. The lowest BCUT2D eigenvalue weighted by molar-refractivity contribution is -0.386. The lowest BCUT2D eigenvalue weighted by Gasteiger charge is -2.15. The Morgan fingerprint density at radius 2 is 2.21 bits per heavy atom. The molecule has 0 aromatic carbocycles. The first kappa shape index (κ1) is 18.8. The van der Waals surface area contributed by atoms with Crippen LogP contribution in [0.15, 0.2) is 6.20 Å². The van der Waals surface area contributed by atoms with Crippen molar-refractivity contribution in [3.8, 4) is 5.88 Å². The van der Waals surface area contributed by atoms with Crippen molar-refractivity contribution in [1.82, 2.24) is 9.78 Å². The van der Waals surface area contributed by atoms with Crippen LogP contribution in [0, 0.1) is 10.1 Å². The summed E-state index contributed by atoms with van der Waals surface area (Å²) in [5.74, 6) is -3.00. The number of aromatic nitrogens is 2. The molecule has 0 spiro atoms. The molecule has 1 atom stereocenters. The molecule has 7 nitrogen and oxygen atoms in total. The molecule has 1 aliphatic carbocycles. The van der Waals surface area contributed by atoms with Gasteiger partial charge in [0.1, 0.15) is 19.0 Å². The average Bonchev–Trinajstić information content (AvgIpc) is 2.97. The van der Waals surface area contributed by atoms with Crippen LogP contribution in [0.1, 0.15) is 19.3 Å². The van der Waals surface area contributed by atoms with E-state index in [1.807, 2.05) is 0 Å². The highest BCUT2D eigenvalue weighted by Gasteiger charge is 2.41. The Morgan fingerprint density at radius 1 is 1.50 bits per heavy atom. The summed E-state index contributed by atoms with van der Waals surface area (Å²) in [6, 6.07) is 0.969. The van der Waals surface area contributed by atoms with Crippen LogP contribution in [0.3, 0.4) is 0 Å². The minimum atomic E-state index is -2.78. The number of rotatable bonds is 8. The third kappa shape index (κ3) is 5.51. The van der Waals surface area contributed by atoms with Crippen LogP contribution in [-0.4, -0.2) is 41.4 Å². The second-order valence-corrected chi connectivity index (χ2v) is 12.9. The van der Waals surface area contributed by atoms with E-state index in [1.165, 1.54) is 10.9 Å². The molecule has 0 bridgehead atoms. The average molecular weight is 363 g/mol. The molecule has 0 amide bonds. The van der Waals surface area contributed by atoms with E-state index in [9.17, 15) is 18.9 Å². The van der Waals surface area contributed by atoms with Gasteiger partial charge in [0.15, 0.2) is 0 Å². The Bertz CT molecular complexity index is 589. The second-order valence-electron chi connectivity index (χ2n) is 7.30. The van der Waals surface area contributed by atoms with E-state index in [2.05, 4.69) is 24.7 Å². The maximum Gasteiger partial charge on any atom is 0.350 e. The van der Waals surface area contributed by atoms with Gasteiger partial charge in [0, 0.05) is 27.5 Å². The van der Waals surface area contributed by atoms with Gasteiger partial charge in [-0.25, -0.2) is 13.5 Å². The van der Waals surface area contributed by atoms with Gasteiger partial charge >= 0.3 is 11.6 Å². The first-order chi connectivity index (χ1) is 11.1. The summed E-state index contributed by atoms with van der Waals surface area (Å²) in [5.41, 5.74) is -0.334. The van der Waals surface area contributed by atoms with E-state index in [4.69, 9.17) is 9.47 Å². The van der Waals surface area contributed by atoms with E-state index in [1.54, 1.807) is 0 Å². The van der Waals surface area contributed by atoms with Gasteiger partial charge in [-0.2, -0.15) is 0 Å². The Labute approximate surface area is 140 Å². The van der Waals surface area contributed by atoms with Gasteiger partial charge in [-0.1, -0.05) is 19.6 Å². The highest BCUT2D eigenvalue weighted by Crippen LogP contribution is 2.38. The Morgan fingerprint density at radius 3 is 2.75 bits per heavy atom. The van der Waals surface area contributed by atoms with Crippen molar-refractivity contribution in [2.75, 3.05) is 6.61 Å². The molecule has 136 valence electrons. The van der Waals surface area contributed by atoms with E-state index in [0.29, 0.717) is 6.61 Å². The monoisotopic (exact) mass is 363 g/mol. The predicted molar refractivity (Wildman–Crippen MR) is 86.2 cm³/mol. The molecule has 1 aromatic rings. The molecule has 0 radical (unpaired) electrons. The second kappa shape index (κ2) is 7.14. The fraction of sp³-hybridized carbons (Fsp3) is 0.786. The highest BCUT2D eigenvalue weighted by atomic mass is 28.3. The SMILES string of the molecule is C[Si](C)(C)CCOCn1cc([N+](=O)[O-])c(OC2CCC(F)(F)C2)n1. The van der Waals surface area contributed by atoms with Crippen LogP contribution in [0.2, 0.25) is 25.7 Å². The van der Waals surface area contributed by atoms with Crippen molar-refractivity contribution >= 4 is 13.8 Å². The molecular formula is C14H23F2N3O4Si. The Hall–Kier alpha value is -1.55. The lowest BCUT2D eigenvalue weighted by Crippen LogP contribution is -2.22. The number of ether oxygens (including phenoxy) is 2. The maximum atomic E-state index is 13.2. The minimum absolute atomic E-state index is 0.0650. The van der Waals surface area contributed by atoms with Gasteiger partial charge in [-0.3, -0.25) is 10.1 Å². The number of hydrogen-bond donors (Lipinski definition) is 0. The van der Waals surface area contributed by atoms with Gasteiger partial charge in [-0.15, -0.1) is 5.10 Å². The molecule has 1 aliphatic rings. The predicted octanol–water partition coefficient (Wildman–Crippen LogP) is 3.67. The lowest BCUT2D eigenvalue weighted by atomic mass is 10.3. The van der Waals surface area contributed by atoms with Crippen LogP contribution in [0.25, 0.3) is 0 Å². The smallest absolute Gasteiger partial charge is 0.350 e. The number of halogens is 2. The summed E-state index contributed by atoms with van der Waals surface area (Å²) in [4.78, 5) is 10.5. The molecule has 0 saturated heterocycles. The third-order valence-electron chi connectivity index (χ3n) is 3.76. The number of alkyl halides is 2. The van der Waals surface area contributed by atoms with Gasteiger partial charge in [-0.05, 0) is 12.5 Å². The summed E-state index contributed by atoms with van der Waals surface area (Å²) in [5, 5.41) is 15.1. The van der Waals surface area contributed by atoms with Crippen molar-refractivity contribution in [3.63, 3.8) is 0 Å². The van der Waals surface area contributed by atoms with E-state index in [-0.39, 0.29) is 31.1 Å². The van der Waals surface area contributed by atoms with Crippen LogP contribution in [-0.2, 0) is 11.5 Å². The maximum absolute atomic E-state index is 13.2. The van der Waals surface area contributed by atoms with Crippen molar-refractivity contribution in [2.24, 2.45) is 0 Å². The van der Waals surface area contributed by atoms with E-state index in [0.717, 1.165) is 6.04 Å². The zero-order chi connectivity index (χ0) is 18.0. The number of nitro groups is 1. The van der Waals surface area contributed by atoms with Crippen molar-refractivity contribution < 1.29 is 23.2 Å². The molecule has 10 heteroatoms. The van der Waals surface area contributed by atoms with Crippen molar-refractivity contribution in [1.29, 1.82) is 0 Å². The summed E-state index contributed by atoms with van der Waals surface area (Å²) in [6.45, 7) is 7.28. The van der Waals surface area contributed by atoms with Gasteiger partial charge < -0.3 is 9.47 Å². The fourth-order valence-electron chi connectivity index (χ4n) is 2.37. The zero-order valence-electron chi connectivity index (χ0n) is 14.1. The van der Waals surface area contributed by atoms with Crippen LogP contribution >= 0.6 is 0 Å². The van der Waals surface area contributed by atoms with Gasteiger partial charge in [0.2, 0.25) is 0 Å². The summed E-state index contributed by atoms with van der Waals surface area (Å²) in [6.07, 6.45) is -0.106. The van der Waals surface area contributed by atoms with Crippen LogP contribution < -0.4 is 4.74 Å². The van der Waals surface area contributed by atoms with E-state index >= 15 is 0 Å². The summed E-state index contributed by atoms with van der Waals surface area (Å²) in [7, 11) is -1.22. The van der Waals surface area contributed by atoms with E-state index < -0.39 is 31.4 Å². The third-order valence-corrected chi connectivity index (χ3v) is 5.47. The largest absolute Gasteiger partial charge is 0.468 e. The quantitative estimate of drug-likeness (QED) is 0.305. The molecule has 1 aromatic heterocycles. The molecule has 2 rings (SSSR count). The summed E-state index contributed by atoms with van der Waals surface area (Å²) >= 11 is 0. The molecule has 24 heavy (non-hydrogen) atoms. The molecule has 1 fully saturated rings. The van der Waals surface area contributed by atoms with Crippen molar-refractivity contribution in [3.05, 3.63) is 16.3 Å². The van der Waals surface area contributed by atoms with Gasteiger partial charge in [0.05, 0.1) is 4.92 Å². The van der Waals surface area contributed by atoms with Gasteiger partial charge in [0.25, 0.3) is 5.92 Å².